The fourth-order valence-electron chi connectivity index (χ4n) is 2.20. The predicted molar refractivity (Wildman–Crippen MR) is 72.4 cm³/mol. The van der Waals surface area contributed by atoms with Gasteiger partial charge in [0.15, 0.2) is 0 Å². The Bertz CT molecular complexity index is 345. The lowest BCUT2D eigenvalue weighted by molar-refractivity contribution is 0.0504. The Morgan fingerprint density at radius 1 is 1.41 bits per heavy atom. The van der Waals surface area contributed by atoms with Crippen LogP contribution in [0, 0.1) is 13.8 Å². The van der Waals surface area contributed by atoms with E-state index in [1.54, 1.807) is 0 Å². The zero-order chi connectivity index (χ0) is 12.3. The molecule has 2 atom stereocenters. The average Bonchev–Trinajstić information content (AvgIpc) is 2.87. The number of hydrogen-bond acceptors (Lipinski definition) is 4. The van der Waals surface area contributed by atoms with E-state index >= 15 is 0 Å². The molecule has 0 aliphatic carbocycles. The molecule has 3 nitrogen and oxygen atoms in total. The molecule has 2 heterocycles. The second kappa shape index (κ2) is 5.96. The Morgan fingerprint density at radius 3 is 2.76 bits per heavy atom. The van der Waals surface area contributed by atoms with Gasteiger partial charge in [-0.3, -0.25) is 0 Å². The van der Waals surface area contributed by atoms with Gasteiger partial charge in [0.05, 0.1) is 12.2 Å². The van der Waals surface area contributed by atoms with E-state index in [0.29, 0.717) is 12.6 Å². The van der Waals surface area contributed by atoms with Crippen molar-refractivity contribution in [2.45, 2.75) is 45.4 Å². The van der Waals surface area contributed by atoms with Crippen molar-refractivity contribution < 1.29 is 4.74 Å². The van der Waals surface area contributed by atoms with Crippen LogP contribution in [0.3, 0.4) is 0 Å². The summed E-state index contributed by atoms with van der Waals surface area (Å²) in [5.74, 6) is 0. The lowest BCUT2D eigenvalue weighted by atomic mass is 10.2. The molecular weight excluding hydrogens is 232 g/mol. The number of nitrogens with two attached hydrogens (primary N) is 1. The number of rotatable bonds is 5. The monoisotopic (exact) mass is 254 g/mol. The first-order valence-electron chi connectivity index (χ1n) is 6.31. The Labute approximate surface area is 107 Å². The van der Waals surface area contributed by atoms with E-state index in [4.69, 9.17) is 10.5 Å². The van der Waals surface area contributed by atoms with Gasteiger partial charge in [-0.15, -0.1) is 11.3 Å². The molecule has 0 radical (unpaired) electrons. The Balaban J connectivity index is 1.69. The van der Waals surface area contributed by atoms with E-state index in [2.05, 4.69) is 25.2 Å². The topological polar surface area (TPSA) is 47.3 Å². The summed E-state index contributed by atoms with van der Waals surface area (Å²) < 4.78 is 5.79. The van der Waals surface area contributed by atoms with Crippen molar-refractivity contribution >= 4 is 11.3 Å². The van der Waals surface area contributed by atoms with Gasteiger partial charge in [0.2, 0.25) is 0 Å². The molecule has 3 N–H and O–H groups in total. The molecule has 0 saturated carbocycles. The molecule has 0 bridgehead atoms. The van der Waals surface area contributed by atoms with Gasteiger partial charge in [0, 0.05) is 29.4 Å². The molecule has 96 valence electrons. The van der Waals surface area contributed by atoms with Crippen molar-refractivity contribution in [1.82, 2.24) is 5.32 Å². The number of hydrogen-bond donors (Lipinski definition) is 2. The number of nitrogens with one attached hydrogen (secondary N) is 1. The van der Waals surface area contributed by atoms with Crippen LogP contribution in [0.2, 0.25) is 0 Å². The van der Waals surface area contributed by atoms with Crippen LogP contribution in [0.5, 0.6) is 0 Å². The van der Waals surface area contributed by atoms with Gasteiger partial charge in [-0.2, -0.15) is 0 Å². The molecule has 1 aliphatic rings. The highest BCUT2D eigenvalue weighted by Crippen LogP contribution is 2.21. The Kier molecular flexibility index (Phi) is 4.56. The van der Waals surface area contributed by atoms with Gasteiger partial charge in [0.25, 0.3) is 0 Å². The molecule has 0 aromatic carbocycles. The number of thiophene rings is 1. The maximum absolute atomic E-state index is 5.79. The molecule has 0 spiro atoms. The molecule has 1 aromatic heterocycles. The van der Waals surface area contributed by atoms with E-state index in [1.165, 1.54) is 15.3 Å². The summed E-state index contributed by atoms with van der Waals surface area (Å²) in [6.07, 6.45) is 2.89. The third-order valence-corrected chi connectivity index (χ3v) is 4.50. The minimum Gasteiger partial charge on any atom is -0.372 e. The quantitative estimate of drug-likeness (QED) is 0.844. The fraction of sp³-hybridized carbons (Fsp3) is 0.692. The molecule has 1 aliphatic heterocycles. The maximum Gasteiger partial charge on any atom is 0.0704 e. The van der Waals surface area contributed by atoms with Crippen molar-refractivity contribution in [3.05, 3.63) is 21.4 Å². The summed E-state index contributed by atoms with van der Waals surface area (Å²) >= 11 is 1.88. The minimum absolute atomic E-state index is 0.285. The van der Waals surface area contributed by atoms with Crippen LogP contribution < -0.4 is 11.1 Å². The molecule has 0 amide bonds. The highest BCUT2D eigenvalue weighted by Gasteiger charge is 2.23. The number of aryl methyl sites for hydroxylation is 2. The predicted octanol–water partition coefficient (Wildman–Crippen LogP) is 1.96. The van der Waals surface area contributed by atoms with Crippen LogP contribution >= 0.6 is 11.3 Å². The lowest BCUT2D eigenvalue weighted by Gasteiger charge is -2.12. The average molecular weight is 254 g/mol. The molecular formula is C13H22N2OS. The maximum atomic E-state index is 5.79. The minimum atomic E-state index is 0.285. The lowest BCUT2D eigenvalue weighted by Crippen LogP contribution is -2.28. The smallest absolute Gasteiger partial charge is 0.0704 e. The molecule has 4 heteroatoms. The molecule has 2 unspecified atom stereocenters. The SMILES string of the molecule is Cc1cc(CNCC2CCC(CN)O2)sc1C. The summed E-state index contributed by atoms with van der Waals surface area (Å²) in [6.45, 7) is 6.88. The van der Waals surface area contributed by atoms with E-state index in [0.717, 1.165) is 25.9 Å². The van der Waals surface area contributed by atoms with Gasteiger partial charge in [-0.1, -0.05) is 0 Å². The highest BCUT2D eigenvalue weighted by atomic mass is 32.1. The van der Waals surface area contributed by atoms with E-state index in [-0.39, 0.29) is 6.10 Å². The van der Waals surface area contributed by atoms with E-state index in [1.807, 2.05) is 11.3 Å². The van der Waals surface area contributed by atoms with Crippen molar-refractivity contribution in [1.29, 1.82) is 0 Å². The molecule has 1 saturated heterocycles. The first-order chi connectivity index (χ1) is 8.19. The summed E-state index contributed by atoms with van der Waals surface area (Å²) in [5, 5.41) is 3.47. The van der Waals surface area contributed by atoms with Crippen LogP contribution in [0.4, 0.5) is 0 Å². The van der Waals surface area contributed by atoms with Crippen LogP contribution in [0.15, 0.2) is 6.07 Å². The first kappa shape index (κ1) is 13.0. The molecule has 1 fully saturated rings. The normalized spacial score (nSPS) is 24.4. The summed E-state index contributed by atoms with van der Waals surface area (Å²) in [6, 6.07) is 2.27. The van der Waals surface area contributed by atoms with Gasteiger partial charge >= 0.3 is 0 Å². The van der Waals surface area contributed by atoms with Crippen LogP contribution in [0.1, 0.15) is 28.2 Å². The zero-order valence-electron chi connectivity index (χ0n) is 10.7. The van der Waals surface area contributed by atoms with Crippen molar-refractivity contribution in [3.8, 4) is 0 Å². The Morgan fingerprint density at radius 2 is 2.18 bits per heavy atom. The van der Waals surface area contributed by atoms with Crippen LogP contribution in [-0.4, -0.2) is 25.3 Å². The van der Waals surface area contributed by atoms with Gasteiger partial charge in [0.1, 0.15) is 0 Å². The second-order valence-corrected chi connectivity index (χ2v) is 6.12. The van der Waals surface area contributed by atoms with E-state index < -0.39 is 0 Å². The zero-order valence-corrected chi connectivity index (χ0v) is 11.5. The molecule has 1 aromatic rings. The highest BCUT2D eigenvalue weighted by molar-refractivity contribution is 7.12. The fourth-order valence-corrected chi connectivity index (χ4v) is 3.22. The standard InChI is InChI=1S/C13H22N2OS/c1-9-5-13(17-10(9)2)8-15-7-12-4-3-11(6-14)16-12/h5,11-12,15H,3-4,6-8,14H2,1-2H3. The largest absolute Gasteiger partial charge is 0.372 e. The van der Waals surface area contributed by atoms with Crippen LogP contribution in [-0.2, 0) is 11.3 Å². The van der Waals surface area contributed by atoms with Gasteiger partial charge in [-0.05, 0) is 38.3 Å². The third kappa shape index (κ3) is 3.52. The van der Waals surface area contributed by atoms with Crippen molar-refractivity contribution in [2.75, 3.05) is 13.1 Å². The summed E-state index contributed by atoms with van der Waals surface area (Å²) in [4.78, 5) is 2.83. The summed E-state index contributed by atoms with van der Waals surface area (Å²) in [5.41, 5.74) is 6.99. The first-order valence-corrected chi connectivity index (χ1v) is 7.13. The van der Waals surface area contributed by atoms with Crippen LogP contribution in [0.25, 0.3) is 0 Å². The van der Waals surface area contributed by atoms with Crippen molar-refractivity contribution in [2.24, 2.45) is 5.73 Å². The molecule has 17 heavy (non-hydrogen) atoms. The van der Waals surface area contributed by atoms with Gasteiger partial charge in [-0.25, -0.2) is 0 Å². The van der Waals surface area contributed by atoms with Gasteiger partial charge < -0.3 is 15.8 Å². The summed E-state index contributed by atoms with van der Waals surface area (Å²) in [7, 11) is 0. The Hall–Kier alpha value is -0.420. The second-order valence-electron chi connectivity index (χ2n) is 4.78. The van der Waals surface area contributed by atoms with E-state index in [9.17, 15) is 0 Å². The van der Waals surface area contributed by atoms with Crippen molar-refractivity contribution in [3.63, 3.8) is 0 Å². The third-order valence-electron chi connectivity index (χ3n) is 3.35. The molecule has 2 rings (SSSR count). The number of ether oxygens (including phenoxy) is 1.